The lowest BCUT2D eigenvalue weighted by Gasteiger charge is -2.46. The number of carbonyl (C=O) groups is 2. The van der Waals surface area contributed by atoms with Gasteiger partial charge in [-0.3, -0.25) is 9.48 Å². The Morgan fingerprint density at radius 2 is 1.94 bits per heavy atom. The Bertz CT molecular complexity index is 1460. The predicted molar refractivity (Wildman–Crippen MR) is 129 cm³/mol. The number of hydrogen-bond acceptors (Lipinski definition) is 7. The van der Waals surface area contributed by atoms with Crippen LogP contribution in [0, 0.1) is 5.82 Å². The highest BCUT2D eigenvalue weighted by Crippen LogP contribution is 2.46. The third-order valence-corrected chi connectivity index (χ3v) is 6.69. The Balaban J connectivity index is 1.60. The van der Waals surface area contributed by atoms with Crippen molar-refractivity contribution in [3.63, 3.8) is 0 Å². The molecule has 1 unspecified atom stereocenters. The summed E-state index contributed by atoms with van der Waals surface area (Å²) in [7, 11) is 1.59. The normalized spacial score (nSPS) is 20.8. The molecule has 1 atom stereocenters. The van der Waals surface area contributed by atoms with Crippen LogP contribution in [-0.4, -0.2) is 55.6 Å². The highest BCUT2D eigenvalue weighted by atomic mass is 35.5. The van der Waals surface area contributed by atoms with E-state index in [9.17, 15) is 24.2 Å². The summed E-state index contributed by atoms with van der Waals surface area (Å²) in [5.74, 6) is -1.35. The van der Waals surface area contributed by atoms with Gasteiger partial charge >= 0.3 is 6.09 Å². The maximum atomic E-state index is 14.0. The van der Waals surface area contributed by atoms with Gasteiger partial charge in [0, 0.05) is 34.3 Å². The number of anilines is 1. The van der Waals surface area contributed by atoms with E-state index in [1.165, 1.54) is 21.7 Å². The summed E-state index contributed by atoms with van der Waals surface area (Å²) in [5, 5.41) is 30.2. The fraction of sp³-hybridized carbons (Fsp3) is 0.375. The number of aliphatic hydroxyl groups is 2. The molecule has 0 bridgehead atoms. The first kappa shape index (κ1) is 24.3. The summed E-state index contributed by atoms with van der Waals surface area (Å²) < 4.78 is 20.8. The number of ether oxygens (including phenoxy) is 1. The molecule has 0 spiro atoms. The lowest BCUT2D eigenvalue weighted by Crippen LogP contribution is -2.62. The van der Waals surface area contributed by atoms with Crippen molar-refractivity contribution in [1.29, 1.82) is 0 Å². The van der Waals surface area contributed by atoms with E-state index >= 15 is 0 Å². The summed E-state index contributed by atoms with van der Waals surface area (Å²) >= 11 is 6.23. The number of rotatable bonds is 2. The Hall–Kier alpha value is -3.41. The van der Waals surface area contributed by atoms with Crippen LogP contribution in [0.25, 0.3) is 10.9 Å². The first-order chi connectivity index (χ1) is 16.6. The van der Waals surface area contributed by atoms with Crippen LogP contribution in [0.3, 0.4) is 0 Å². The average molecular weight is 518 g/mol. The van der Waals surface area contributed by atoms with Crippen molar-refractivity contribution >= 4 is 40.2 Å². The van der Waals surface area contributed by atoms with Crippen LogP contribution in [-0.2, 0) is 23.1 Å². The molecule has 5 rings (SSSR count). The van der Waals surface area contributed by atoms with Crippen LogP contribution in [0.15, 0.2) is 24.3 Å². The number of aryl methyl sites for hydroxylation is 1. The SMILES string of the molecule is Cn1nc2c3c(c(N)cc2c1C1(O)CN(C(=O)OC(C)(C)C)C1)C(O)(c1cc(F)ccc1Cl)NC3=O. The number of nitrogen functional groups attached to an aromatic ring is 1. The van der Waals surface area contributed by atoms with Crippen molar-refractivity contribution in [3.8, 4) is 0 Å². The van der Waals surface area contributed by atoms with E-state index in [4.69, 9.17) is 22.1 Å². The van der Waals surface area contributed by atoms with Crippen LogP contribution >= 0.6 is 11.6 Å². The number of halogens is 2. The Morgan fingerprint density at radius 3 is 2.58 bits per heavy atom. The van der Waals surface area contributed by atoms with E-state index in [-0.39, 0.29) is 46.0 Å². The van der Waals surface area contributed by atoms with Crippen LogP contribution in [0.5, 0.6) is 0 Å². The molecule has 3 heterocycles. The van der Waals surface area contributed by atoms with Crippen molar-refractivity contribution < 1.29 is 28.9 Å². The molecule has 1 saturated heterocycles. The molecule has 12 heteroatoms. The van der Waals surface area contributed by atoms with Crippen LogP contribution in [0.4, 0.5) is 14.9 Å². The zero-order valence-electron chi connectivity index (χ0n) is 20.0. The second kappa shape index (κ2) is 7.55. The molecular formula is C24H25ClFN5O5. The minimum Gasteiger partial charge on any atom is -0.444 e. The summed E-state index contributed by atoms with van der Waals surface area (Å²) in [6, 6.07) is 4.91. The molecule has 2 amide bonds. The van der Waals surface area contributed by atoms with Gasteiger partial charge in [-0.2, -0.15) is 5.10 Å². The van der Waals surface area contributed by atoms with E-state index < -0.39 is 34.7 Å². The quantitative estimate of drug-likeness (QED) is 0.382. The molecule has 0 radical (unpaired) electrons. The van der Waals surface area contributed by atoms with Gasteiger partial charge in [-0.05, 0) is 45.0 Å². The van der Waals surface area contributed by atoms with Gasteiger partial charge in [-0.1, -0.05) is 11.6 Å². The predicted octanol–water partition coefficient (Wildman–Crippen LogP) is 2.32. The molecule has 0 aliphatic carbocycles. The molecule has 0 saturated carbocycles. The number of nitrogens with one attached hydrogen (secondary N) is 1. The zero-order chi connectivity index (χ0) is 26.4. The van der Waals surface area contributed by atoms with Gasteiger partial charge in [0.05, 0.1) is 24.3 Å². The number of nitrogens with two attached hydrogens (primary N) is 1. The van der Waals surface area contributed by atoms with Crippen molar-refractivity contribution in [2.24, 2.45) is 7.05 Å². The molecule has 1 aromatic heterocycles. The summed E-state index contributed by atoms with van der Waals surface area (Å²) in [6.45, 7) is 5.14. The first-order valence-corrected chi connectivity index (χ1v) is 11.5. The third kappa shape index (κ3) is 3.49. The molecule has 36 heavy (non-hydrogen) atoms. The number of amides is 2. The molecule has 2 aliphatic heterocycles. The number of aromatic nitrogens is 2. The highest BCUT2D eigenvalue weighted by molar-refractivity contribution is 6.31. The number of benzene rings is 2. The molecule has 2 aliphatic rings. The van der Waals surface area contributed by atoms with Gasteiger partial charge in [0.15, 0.2) is 5.72 Å². The lowest BCUT2D eigenvalue weighted by molar-refractivity contribution is -0.107. The van der Waals surface area contributed by atoms with Gasteiger partial charge in [-0.25, -0.2) is 9.18 Å². The third-order valence-electron chi connectivity index (χ3n) is 6.36. The second-order valence-electron chi connectivity index (χ2n) is 10.2. The van der Waals surface area contributed by atoms with Crippen LogP contribution < -0.4 is 11.1 Å². The minimum absolute atomic E-state index is 0.00636. The molecular weight excluding hydrogens is 493 g/mol. The maximum Gasteiger partial charge on any atom is 0.410 e. The van der Waals surface area contributed by atoms with Gasteiger partial charge < -0.3 is 30.9 Å². The smallest absolute Gasteiger partial charge is 0.410 e. The fourth-order valence-corrected chi connectivity index (χ4v) is 5.23. The maximum absolute atomic E-state index is 14.0. The number of nitrogens with zero attached hydrogens (tertiary/aromatic N) is 3. The molecule has 3 aromatic rings. The van der Waals surface area contributed by atoms with E-state index in [1.807, 2.05) is 0 Å². The second-order valence-corrected chi connectivity index (χ2v) is 10.6. The van der Waals surface area contributed by atoms with Gasteiger partial charge in [-0.15, -0.1) is 0 Å². The van der Waals surface area contributed by atoms with E-state index in [0.717, 1.165) is 12.1 Å². The number of hydrogen-bond donors (Lipinski definition) is 4. The first-order valence-electron chi connectivity index (χ1n) is 11.2. The monoisotopic (exact) mass is 517 g/mol. The van der Waals surface area contributed by atoms with Gasteiger partial charge in [0.25, 0.3) is 5.91 Å². The fourth-order valence-electron chi connectivity index (χ4n) is 4.97. The number of fused-ring (bicyclic) bond motifs is 3. The summed E-state index contributed by atoms with van der Waals surface area (Å²) in [4.78, 5) is 26.8. The lowest BCUT2D eigenvalue weighted by atomic mass is 9.86. The summed E-state index contributed by atoms with van der Waals surface area (Å²) in [5.41, 5.74) is 2.43. The largest absolute Gasteiger partial charge is 0.444 e. The number of carbonyl (C=O) groups excluding carboxylic acids is 2. The molecule has 1 fully saturated rings. The molecule has 10 nitrogen and oxygen atoms in total. The summed E-state index contributed by atoms with van der Waals surface area (Å²) in [6.07, 6.45) is -0.560. The van der Waals surface area contributed by atoms with Crippen LogP contribution in [0.2, 0.25) is 5.02 Å². The van der Waals surface area contributed by atoms with E-state index in [1.54, 1.807) is 27.8 Å². The van der Waals surface area contributed by atoms with Gasteiger partial charge in [0.2, 0.25) is 0 Å². The highest BCUT2D eigenvalue weighted by Gasteiger charge is 2.52. The Kier molecular flexibility index (Phi) is 5.09. The zero-order valence-corrected chi connectivity index (χ0v) is 20.8. The molecule has 5 N–H and O–H groups in total. The standard InChI is InChI=1S/C24H25ClFN5O5/c1-22(2,3)36-21(33)31-9-23(34,10-31)19-12-8-15(27)17-16(18(12)29-30(19)4)20(32)28-24(17,35)13-7-11(26)5-6-14(13)25/h5-8,34-35H,9-10,27H2,1-4H3,(H,28,32). The topological polar surface area (TPSA) is 143 Å². The van der Waals surface area contributed by atoms with Crippen LogP contribution in [0.1, 0.15) is 48.0 Å². The van der Waals surface area contributed by atoms with Crippen molar-refractivity contribution in [2.75, 3.05) is 18.8 Å². The van der Waals surface area contributed by atoms with Crippen molar-refractivity contribution in [1.82, 2.24) is 20.0 Å². The van der Waals surface area contributed by atoms with Crippen molar-refractivity contribution in [3.05, 3.63) is 57.5 Å². The number of likely N-dealkylation sites (tertiary alicyclic amines) is 1. The van der Waals surface area contributed by atoms with Gasteiger partial charge in [0.1, 0.15) is 22.5 Å². The average Bonchev–Trinajstić information content (AvgIpc) is 3.20. The van der Waals surface area contributed by atoms with E-state index in [0.29, 0.717) is 11.1 Å². The number of β-amino-alcohol motifs (C(OH)–C–C–N with tert-alkyl or cyclic N) is 1. The Morgan fingerprint density at radius 1 is 1.28 bits per heavy atom. The molecule has 2 aromatic carbocycles. The minimum atomic E-state index is -2.19. The molecule has 190 valence electrons. The van der Waals surface area contributed by atoms with Crippen molar-refractivity contribution in [2.45, 2.75) is 37.7 Å². The van der Waals surface area contributed by atoms with E-state index in [2.05, 4.69) is 10.4 Å². The Labute approximate surface area is 210 Å².